The predicted molar refractivity (Wildman–Crippen MR) is 70.6 cm³/mol. The van der Waals surface area contributed by atoms with Crippen LogP contribution in [-0.2, 0) is 0 Å². The molecule has 92 valence electrons. The van der Waals surface area contributed by atoms with E-state index in [1.807, 2.05) is 0 Å². The molecule has 6 heteroatoms. The molecule has 1 aromatic heterocycles. The van der Waals surface area contributed by atoms with E-state index in [9.17, 15) is 4.79 Å². The number of aromatic nitrogens is 2. The van der Waals surface area contributed by atoms with Crippen LogP contribution in [0.25, 0.3) is 0 Å². The van der Waals surface area contributed by atoms with Crippen LogP contribution in [0.15, 0.2) is 30.6 Å². The molecule has 0 bridgehead atoms. The molecule has 0 fully saturated rings. The second-order valence-electron chi connectivity index (χ2n) is 3.70. The molecule has 1 aromatic carbocycles. The van der Waals surface area contributed by atoms with Crippen LogP contribution < -0.4 is 11.1 Å². The van der Waals surface area contributed by atoms with Crippen LogP contribution in [0.4, 0.5) is 11.4 Å². The third-order valence-corrected chi connectivity index (χ3v) is 2.61. The predicted octanol–water partition coefficient (Wildman–Crippen LogP) is 2.27. The monoisotopic (exact) mass is 262 g/mol. The van der Waals surface area contributed by atoms with Crippen LogP contribution in [-0.4, -0.2) is 15.9 Å². The lowest BCUT2D eigenvalue weighted by molar-refractivity contribution is 0.102. The molecule has 0 aliphatic carbocycles. The summed E-state index contributed by atoms with van der Waals surface area (Å²) in [5.41, 5.74) is 7.46. The second-order valence-corrected chi connectivity index (χ2v) is 4.11. The first kappa shape index (κ1) is 12.3. The number of anilines is 2. The van der Waals surface area contributed by atoms with Gasteiger partial charge in [0.2, 0.25) is 0 Å². The number of para-hydroxylation sites is 1. The Morgan fingerprint density at radius 2 is 2.11 bits per heavy atom. The summed E-state index contributed by atoms with van der Waals surface area (Å²) in [5, 5.41) is 2.99. The number of halogens is 1. The standard InChI is InChI=1S/C12H11ClN4O/c1-7-5-16-10(6-15-7)12(18)17-11-8(13)3-2-4-9(11)14/h2-6H,14H2,1H3,(H,17,18). The van der Waals surface area contributed by atoms with Crippen molar-refractivity contribution < 1.29 is 4.79 Å². The Morgan fingerprint density at radius 3 is 2.72 bits per heavy atom. The number of hydrogen-bond acceptors (Lipinski definition) is 4. The lowest BCUT2D eigenvalue weighted by Crippen LogP contribution is -2.15. The van der Waals surface area contributed by atoms with Gasteiger partial charge in [-0.25, -0.2) is 4.98 Å². The van der Waals surface area contributed by atoms with Crippen LogP contribution in [0.3, 0.4) is 0 Å². The van der Waals surface area contributed by atoms with E-state index in [0.29, 0.717) is 16.4 Å². The van der Waals surface area contributed by atoms with Crippen molar-refractivity contribution in [2.24, 2.45) is 0 Å². The molecule has 0 aliphatic heterocycles. The normalized spacial score (nSPS) is 10.1. The molecular formula is C12H11ClN4O. The van der Waals surface area contributed by atoms with Crippen molar-refractivity contribution in [3.63, 3.8) is 0 Å². The van der Waals surface area contributed by atoms with E-state index in [0.717, 1.165) is 5.69 Å². The van der Waals surface area contributed by atoms with E-state index in [2.05, 4.69) is 15.3 Å². The average molecular weight is 263 g/mol. The zero-order valence-electron chi connectivity index (χ0n) is 9.64. The Balaban J connectivity index is 2.24. The van der Waals surface area contributed by atoms with Gasteiger partial charge >= 0.3 is 0 Å². The molecule has 0 saturated heterocycles. The summed E-state index contributed by atoms with van der Waals surface area (Å²) in [4.78, 5) is 19.9. The summed E-state index contributed by atoms with van der Waals surface area (Å²) in [6, 6.07) is 5.01. The van der Waals surface area contributed by atoms with Crippen molar-refractivity contribution in [1.29, 1.82) is 0 Å². The highest BCUT2D eigenvalue weighted by molar-refractivity contribution is 6.34. The Bertz CT molecular complexity index is 563. The maximum atomic E-state index is 11.9. The molecular weight excluding hydrogens is 252 g/mol. The topological polar surface area (TPSA) is 80.9 Å². The van der Waals surface area contributed by atoms with Gasteiger partial charge in [0.1, 0.15) is 5.69 Å². The Kier molecular flexibility index (Phi) is 3.43. The highest BCUT2D eigenvalue weighted by Crippen LogP contribution is 2.27. The van der Waals surface area contributed by atoms with E-state index in [1.54, 1.807) is 25.1 Å². The van der Waals surface area contributed by atoms with Gasteiger partial charge < -0.3 is 11.1 Å². The molecule has 3 N–H and O–H groups in total. The number of carbonyl (C=O) groups is 1. The van der Waals surface area contributed by atoms with E-state index in [1.165, 1.54) is 12.4 Å². The van der Waals surface area contributed by atoms with Gasteiger partial charge in [-0.1, -0.05) is 17.7 Å². The highest BCUT2D eigenvalue weighted by Gasteiger charge is 2.12. The second kappa shape index (κ2) is 5.01. The fourth-order valence-electron chi connectivity index (χ4n) is 1.36. The highest BCUT2D eigenvalue weighted by atomic mass is 35.5. The Morgan fingerprint density at radius 1 is 1.33 bits per heavy atom. The number of carbonyl (C=O) groups excluding carboxylic acids is 1. The zero-order chi connectivity index (χ0) is 13.1. The maximum Gasteiger partial charge on any atom is 0.275 e. The first-order chi connectivity index (χ1) is 8.58. The Hall–Kier alpha value is -2.14. The number of nitrogen functional groups attached to an aromatic ring is 1. The number of rotatable bonds is 2. The summed E-state index contributed by atoms with van der Waals surface area (Å²) < 4.78 is 0. The molecule has 0 unspecified atom stereocenters. The molecule has 0 spiro atoms. The minimum Gasteiger partial charge on any atom is -0.397 e. The number of aryl methyl sites for hydroxylation is 1. The van der Waals surface area contributed by atoms with Crippen molar-refractivity contribution in [2.75, 3.05) is 11.1 Å². The third-order valence-electron chi connectivity index (χ3n) is 2.30. The zero-order valence-corrected chi connectivity index (χ0v) is 10.4. The summed E-state index contributed by atoms with van der Waals surface area (Å²) in [7, 11) is 0. The molecule has 1 amide bonds. The van der Waals surface area contributed by atoms with Crippen LogP contribution in [0.5, 0.6) is 0 Å². The lowest BCUT2D eigenvalue weighted by atomic mass is 10.2. The number of nitrogens with one attached hydrogen (secondary N) is 1. The quantitative estimate of drug-likeness (QED) is 0.814. The third kappa shape index (κ3) is 2.57. The summed E-state index contributed by atoms with van der Waals surface area (Å²) in [6.45, 7) is 1.79. The first-order valence-corrected chi connectivity index (χ1v) is 5.59. The van der Waals surface area contributed by atoms with E-state index in [4.69, 9.17) is 17.3 Å². The molecule has 5 nitrogen and oxygen atoms in total. The SMILES string of the molecule is Cc1cnc(C(=O)Nc2c(N)cccc2Cl)cn1. The van der Waals surface area contributed by atoms with Crippen molar-refractivity contribution in [3.05, 3.63) is 47.0 Å². The van der Waals surface area contributed by atoms with Crippen LogP contribution in [0.1, 0.15) is 16.2 Å². The smallest absolute Gasteiger partial charge is 0.275 e. The van der Waals surface area contributed by atoms with Gasteiger partial charge in [0, 0.05) is 6.20 Å². The molecule has 0 atom stereocenters. The van der Waals surface area contributed by atoms with Crippen molar-refractivity contribution in [2.45, 2.75) is 6.92 Å². The van der Waals surface area contributed by atoms with E-state index < -0.39 is 5.91 Å². The molecule has 0 aliphatic rings. The fourth-order valence-corrected chi connectivity index (χ4v) is 1.59. The lowest BCUT2D eigenvalue weighted by Gasteiger charge is -2.09. The summed E-state index contributed by atoms with van der Waals surface area (Å²) >= 11 is 5.96. The van der Waals surface area contributed by atoms with Gasteiger partial charge in [-0.2, -0.15) is 0 Å². The molecule has 0 saturated carbocycles. The number of hydrogen-bond donors (Lipinski definition) is 2. The van der Waals surface area contributed by atoms with Crippen LogP contribution in [0, 0.1) is 6.92 Å². The van der Waals surface area contributed by atoms with Gasteiger partial charge in [0.15, 0.2) is 0 Å². The first-order valence-electron chi connectivity index (χ1n) is 5.22. The number of benzene rings is 1. The fraction of sp³-hybridized carbons (Fsp3) is 0.0833. The minimum absolute atomic E-state index is 0.208. The van der Waals surface area contributed by atoms with Gasteiger partial charge in [0.05, 0.1) is 28.3 Å². The van der Waals surface area contributed by atoms with E-state index in [-0.39, 0.29) is 5.69 Å². The summed E-state index contributed by atoms with van der Waals surface area (Å²) in [5.74, 6) is -0.401. The van der Waals surface area contributed by atoms with Gasteiger partial charge in [-0.05, 0) is 19.1 Å². The molecule has 1 heterocycles. The number of amides is 1. The van der Waals surface area contributed by atoms with Gasteiger partial charge in [0.25, 0.3) is 5.91 Å². The maximum absolute atomic E-state index is 11.9. The molecule has 2 rings (SSSR count). The molecule has 0 radical (unpaired) electrons. The van der Waals surface area contributed by atoms with E-state index >= 15 is 0 Å². The van der Waals surface area contributed by atoms with Crippen molar-refractivity contribution in [3.8, 4) is 0 Å². The van der Waals surface area contributed by atoms with Crippen molar-refractivity contribution in [1.82, 2.24) is 9.97 Å². The largest absolute Gasteiger partial charge is 0.397 e. The van der Waals surface area contributed by atoms with Crippen LogP contribution >= 0.6 is 11.6 Å². The average Bonchev–Trinajstić information content (AvgIpc) is 2.34. The van der Waals surface area contributed by atoms with Crippen molar-refractivity contribution >= 4 is 28.9 Å². The molecule has 2 aromatic rings. The Labute approximate surface area is 109 Å². The number of nitrogens with zero attached hydrogens (tertiary/aromatic N) is 2. The van der Waals surface area contributed by atoms with Gasteiger partial charge in [-0.3, -0.25) is 9.78 Å². The number of nitrogens with two attached hydrogens (primary N) is 1. The molecule has 18 heavy (non-hydrogen) atoms. The minimum atomic E-state index is -0.401. The van der Waals surface area contributed by atoms with Gasteiger partial charge in [-0.15, -0.1) is 0 Å². The summed E-state index contributed by atoms with van der Waals surface area (Å²) in [6.07, 6.45) is 2.92. The van der Waals surface area contributed by atoms with Crippen LogP contribution in [0.2, 0.25) is 5.02 Å².